The van der Waals surface area contributed by atoms with Crippen LogP contribution < -0.4 is 5.73 Å². The number of hydrogen-bond acceptors (Lipinski definition) is 4. The third-order valence-electron chi connectivity index (χ3n) is 2.34. The third kappa shape index (κ3) is 9.93. The van der Waals surface area contributed by atoms with E-state index < -0.39 is 0 Å². The Hall–Kier alpha value is -0.610. The van der Waals surface area contributed by atoms with Gasteiger partial charge in [-0.05, 0) is 31.7 Å². The molecule has 0 bridgehead atoms. The summed E-state index contributed by atoms with van der Waals surface area (Å²) in [5.41, 5.74) is 5.43. The zero-order valence-corrected chi connectivity index (χ0v) is 10.5. The van der Waals surface area contributed by atoms with E-state index >= 15 is 0 Å². The standard InChI is InChI=1S/C12H25NO3/c1-3-8-15-9-10-16-12(14)5-4-11(2)6-7-13/h11H,3-10,13H2,1-2H3. The minimum atomic E-state index is -0.135. The molecule has 0 aromatic heterocycles. The van der Waals surface area contributed by atoms with Crippen molar-refractivity contribution < 1.29 is 14.3 Å². The van der Waals surface area contributed by atoms with Gasteiger partial charge in [-0.1, -0.05) is 13.8 Å². The molecule has 0 rings (SSSR count). The van der Waals surface area contributed by atoms with Crippen molar-refractivity contribution in [1.29, 1.82) is 0 Å². The van der Waals surface area contributed by atoms with Gasteiger partial charge < -0.3 is 15.2 Å². The molecule has 16 heavy (non-hydrogen) atoms. The summed E-state index contributed by atoms with van der Waals surface area (Å²) < 4.78 is 10.2. The van der Waals surface area contributed by atoms with Crippen LogP contribution in [0.3, 0.4) is 0 Å². The van der Waals surface area contributed by atoms with Gasteiger partial charge >= 0.3 is 5.97 Å². The molecule has 0 heterocycles. The molecule has 0 aliphatic carbocycles. The van der Waals surface area contributed by atoms with Gasteiger partial charge in [-0.3, -0.25) is 4.79 Å². The summed E-state index contributed by atoms with van der Waals surface area (Å²) in [5.74, 6) is 0.359. The van der Waals surface area contributed by atoms with Gasteiger partial charge in [0, 0.05) is 13.0 Å². The van der Waals surface area contributed by atoms with Gasteiger partial charge in [-0.15, -0.1) is 0 Å². The first-order chi connectivity index (χ1) is 7.70. The van der Waals surface area contributed by atoms with Crippen LogP contribution in [0, 0.1) is 5.92 Å². The van der Waals surface area contributed by atoms with Crippen molar-refractivity contribution in [2.24, 2.45) is 11.7 Å². The molecule has 0 aliphatic rings. The van der Waals surface area contributed by atoms with Crippen LogP contribution in [0.25, 0.3) is 0 Å². The van der Waals surface area contributed by atoms with Crippen molar-refractivity contribution in [1.82, 2.24) is 0 Å². The summed E-state index contributed by atoms with van der Waals surface area (Å²) in [7, 11) is 0. The molecule has 1 unspecified atom stereocenters. The maximum Gasteiger partial charge on any atom is 0.305 e. The number of nitrogens with two attached hydrogens (primary N) is 1. The molecule has 0 fully saturated rings. The molecule has 0 amide bonds. The molecule has 4 heteroatoms. The van der Waals surface area contributed by atoms with E-state index in [9.17, 15) is 4.79 Å². The quantitative estimate of drug-likeness (QED) is 0.459. The largest absolute Gasteiger partial charge is 0.463 e. The molecule has 0 saturated carbocycles. The highest BCUT2D eigenvalue weighted by atomic mass is 16.6. The summed E-state index contributed by atoms with van der Waals surface area (Å²) in [6, 6.07) is 0. The summed E-state index contributed by atoms with van der Waals surface area (Å²) >= 11 is 0. The van der Waals surface area contributed by atoms with Crippen molar-refractivity contribution in [3.8, 4) is 0 Å². The molecule has 96 valence electrons. The highest BCUT2D eigenvalue weighted by Crippen LogP contribution is 2.09. The minimum Gasteiger partial charge on any atom is -0.463 e. The molecule has 0 spiro atoms. The number of hydrogen-bond donors (Lipinski definition) is 1. The number of carbonyl (C=O) groups is 1. The van der Waals surface area contributed by atoms with Crippen LogP contribution in [0.1, 0.15) is 39.5 Å². The Balaban J connectivity index is 3.30. The Labute approximate surface area is 98.5 Å². The zero-order valence-electron chi connectivity index (χ0n) is 10.5. The van der Waals surface area contributed by atoms with Crippen LogP contribution >= 0.6 is 0 Å². The predicted octanol–water partition coefficient (Wildman–Crippen LogP) is 1.72. The molecule has 0 aromatic carbocycles. The molecular weight excluding hydrogens is 206 g/mol. The molecule has 4 nitrogen and oxygen atoms in total. The summed E-state index contributed by atoms with van der Waals surface area (Å²) in [4.78, 5) is 11.3. The number of rotatable bonds is 10. The average Bonchev–Trinajstić information content (AvgIpc) is 2.26. The maximum atomic E-state index is 11.3. The van der Waals surface area contributed by atoms with Gasteiger partial charge in [-0.25, -0.2) is 0 Å². The van der Waals surface area contributed by atoms with Gasteiger partial charge in [0.2, 0.25) is 0 Å². The van der Waals surface area contributed by atoms with Gasteiger partial charge in [-0.2, -0.15) is 0 Å². The van der Waals surface area contributed by atoms with Crippen LogP contribution in [-0.4, -0.2) is 32.3 Å². The molecule has 2 N–H and O–H groups in total. The van der Waals surface area contributed by atoms with Gasteiger partial charge in [0.05, 0.1) is 6.61 Å². The fraction of sp³-hybridized carbons (Fsp3) is 0.917. The van der Waals surface area contributed by atoms with Crippen molar-refractivity contribution in [2.75, 3.05) is 26.4 Å². The second-order valence-electron chi connectivity index (χ2n) is 4.05. The SMILES string of the molecule is CCCOCCOC(=O)CCC(C)CCN. The predicted molar refractivity (Wildman–Crippen MR) is 64.1 cm³/mol. The Morgan fingerprint density at radius 3 is 2.62 bits per heavy atom. The molecule has 1 atom stereocenters. The molecular formula is C12H25NO3. The lowest BCUT2D eigenvalue weighted by Gasteiger charge is -2.09. The van der Waals surface area contributed by atoms with Gasteiger partial charge in [0.15, 0.2) is 0 Å². The lowest BCUT2D eigenvalue weighted by molar-refractivity contribution is -0.145. The Bertz CT molecular complexity index is 174. The first-order valence-corrected chi connectivity index (χ1v) is 6.14. The lowest BCUT2D eigenvalue weighted by Crippen LogP contribution is -2.13. The number of esters is 1. The maximum absolute atomic E-state index is 11.3. The van der Waals surface area contributed by atoms with Crippen LogP contribution in [0.4, 0.5) is 0 Å². The summed E-state index contributed by atoms with van der Waals surface area (Å²) in [5, 5.41) is 0. The van der Waals surface area contributed by atoms with Gasteiger partial charge in [0.1, 0.15) is 6.61 Å². The average molecular weight is 231 g/mol. The lowest BCUT2D eigenvalue weighted by atomic mass is 10.0. The van der Waals surface area contributed by atoms with E-state index in [2.05, 4.69) is 6.92 Å². The van der Waals surface area contributed by atoms with Crippen LogP contribution in [0.2, 0.25) is 0 Å². The van der Waals surface area contributed by atoms with Crippen molar-refractivity contribution >= 4 is 5.97 Å². The molecule has 0 aliphatic heterocycles. The normalized spacial score (nSPS) is 12.4. The molecule has 0 radical (unpaired) electrons. The van der Waals surface area contributed by atoms with Crippen LogP contribution in [0.15, 0.2) is 0 Å². The van der Waals surface area contributed by atoms with E-state index in [0.29, 0.717) is 32.1 Å². The Morgan fingerprint density at radius 1 is 1.25 bits per heavy atom. The first-order valence-electron chi connectivity index (χ1n) is 6.14. The Kier molecular flexibility index (Phi) is 10.5. The monoisotopic (exact) mass is 231 g/mol. The van der Waals surface area contributed by atoms with Crippen molar-refractivity contribution in [3.63, 3.8) is 0 Å². The molecule has 0 saturated heterocycles. The number of carbonyl (C=O) groups excluding carboxylic acids is 1. The van der Waals surface area contributed by atoms with Crippen molar-refractivity contribution in [2.45, 2.75) is 39.5 Å². The highest BCUT2D eigenvalue weighted by molar-refractivity contribution is 5.69. The fourth-order valence-electron chi connectivity index (χ4n) is 1.33. The van der Waals surface area contributed by atoms with Crippen LogP contribution in [0.5, 0.6) is 0 Å². The van der Waals surface area contributed by atoms with E-state index in [1.165, 1.54) is 0 Å². The van der Waals surface area contributed by atoms with E-state index in [-0.39, 0.29) is 5.97 Å². The van der Waals surface area contributed by atoms with E-state index in [0.717, 1.165) is 25.9 Å². The minimum absolute atomic E-state index is 0.135. The highest BCUT2D eigenvalue weighted by Gasteiger charge is 2.06. The second kappa shape index (κ2) is 10.9. The topological polar surface area (TPSA) is 61.5 Å². The summed E-state index contributed by atoms with van der Waals surface area (Å²) in [6.45, 7) is 6.42. The zero-order chi connectivity index (χ0) is 12.2. The first kappa shape index (κ1) is 15.4. The van der Waals surface area contributed by atoms with Crippen LogP contribution in [-0.2, 0) is 14.3 Å². The van der Waals surface area contributed by atoms with E-state index in [1.807, 2.05) is 6.92 Å². The van der Waals surface area contributed by atoms with Gasteiger partial charge in [0.25, 0.3) is 0 Å². The number of ether oxygens (including phenoxy) is 2. The molecule has 0 aromatic rings. The second-order valence-corrected chi connectivity index (χ2v) is 4.05. The summed E-state index contributed by atoms with van der Waals surface area (Å²) in [6.07, 6.45) is 3.29. The van der Waals surface area contributed by atoms with E-state index in [4.69, 9.17) is 15.2 Å². The Morgan fingerprint density at radius 2 is 2.00 bits per heavy atom. The third-order valence-corrected chi connectivity index (χ3v) is 2.34. The fourth-order valence-corrected chi connectivity index (χ4v) is 1.33. The van der Waals surface area contributed by atoms with E-state index in [1.54, 1.807) is 0 Å². The van der Waals surface area contributed by atoms with Crippen molar-refractivity contribution in [3.05, 3.63) is 0 Å². The smallest absolute Gasteiger partial charge is 0.305 e.